The van der Waals surface area contributed by atoms with Crippen LogP contribution in [-0.4, -0.2) is 18.9 Å². The number of halogens is 1. The van der Waals surface area contributed by atoms with Gasteiger partial charge in [-0.05, 0) is 49.1 Å². The number of hydrogen-bond acceptors (Lipinski definition) is 4. The minimum Gasteiger partial charge on any atom is -0.366 e. The van der Waals surface area contributed by atoms with Gasteiger partial charge < -0.3 is 5.32 Å². The first-order chi connectivity index (χ1) is 12.3. The minimum atomic E-state index is 0.522. The van der Waals surface area contributed by atoms with Crippen molar-refractivity contribution in [1.29, 1.82) is 0 Å². The number of allylic oxidation sites excluding steroid dienone is 1. The van der Waals surface area contributed by atoms with Gasteiger partial charge in [-0.3, -0.25) is 4.99 Å². The Kier molecular flexibility index (Phi) is 6.35. The zero-order valence-electron chi connectivity index (χ0n) is 14.0. The molecule has 0 fully saturated rings. The summed E-state index contributed by atoms with van der Waals surface area (Å²) in [6.45, 7) is 1.05. The van der Waals surface area contributed by atoms with Gasteiger partial charge in [0.2, 0.25) is 0 Å². The molecule has 0 aromatic heterocycles. The highest BCUT2D eigenvalue weighted by molar-refractivity contribution is 6.44. The molecule has 2 aromatic rings. The Morgan fingerprint density at radius 2 is 1.64 bits per heavy atom. The van der Waals surface area contributed by atoms with Crippen molar-refractivity contribution in [3.05, 3.63) is 71.3 Å². The van der Waals surface area contributed by atoms with Gasteiger partial charge in [-0.25, -0.2) is 0 Å². The predicted octanol–water partition coefficient (Wildman–Crippen LogP) is 5.96. The van der Waals surface area contributed by atoms with Crippen LogP contribution in [0.25, 0.3) is 0 Å². The first-order valence-corrected chi connectivity index (χ1v) is 8.83. The smallest absolute Gasteiger partial charge is 0.108 e. The fourth-order valence-electron chi connectivity index (χ4n) is 2.67. The fourth-order valence-corrected chi connectivity index (χ4v) is 2.98. The quantitative estimate of drug-likeness (QED) is 0.641. The number of anilines is 1. The number of rotatable bonds is 6. The Balaban J connectivity index is 1.60. The van der Waals surface area contributed by atoms with Gasteiger partial charge in [0.15, 0.2) is 0 Å². The molecule has 0 atom stereocenters. The van der Waals surface area contributed by atoms with Crippen molar-refractivity contribution in [3.8, 4) is 0 Å². The molecule has 3 rings (SSSR count). The molecule has 4 nitrogen and oxygen atoms in total. The molecule has 0 unspecified atom stereocenters. The zero-order valence-corrected chi connectivity index (χ0v) is 14.8. The number of nitrogens with one attached hydrogen (secondary N) is 1. The normalized spacial score (nSPS) is 16.6. The summed E-state index contributed by atoms with van der Waals surface area (Å²) in [6.07, 6.45) is 2.92. The van der Waals surface area contributed by atoms with Crippen LogP contribution in [0.15, 0.2) is 86.5 Å². The van der Waals surface area contributed by atoms with Gasteiger partial charge in [0, 0.05) is 5.69 Å². The van der Waals surface area contributed by atoms with Crippen molar-refractivity contribution >= 4 is 28.7 Å². The van der Waals surface area contributed by atoms with E-state index in [0.717, 1.165) is 47.0 Å². The fraction of sp³-hybridized carbons (Fsp3) is 0.250. The highest BCUT2D eigenvalue weighted by Crippen LogP contribution is 2.26. The Morgan fingerprint density at radius 3 is 2.40 bits per heavy atom. The lowest BCUT2D eigenvalue weighted by Crippen LogP contribution is -2.12. The predicted molar refractivity (Wildman–Crippen MR) is 105 cm³/mol. The van der Waals surface area contributed by atoms with E-state index in [9.17, 15) is 0 Å². The van der Waals surface area contributed by atoms with Crippen LogP contribution >= 0.6 is 11.6 Å². The van der Waals surface area contributed by atoms with Crippen LogP contribution in [0.3, 0.4) is 0 Å². The van der Waals surface area contributed by atoms with Crippen molar-refractivity contribution in [3.63, 3.8) is 0 Å². The summed E-state index contributed by atoms with van der Waals surface area (Å²) in [4.78, 5) is 4.62. The molecule has 0 heterocycles. The van der Waals surface area contributed by atoms with Gasteiger partial charge in [0.1, 0.15) is 6.67 Å². The number of azo groups is 1. The highest BCUT2D eigenvalue weighted by atomic mass is 35.5. The monoisotopic (exact) mass is 352 g/mol. The van der Waals surface area contributed by atoms with Crippen LogP contribution in [0.5, 0.6) is 0 Å². The van der Waals surface area contributed by atoms with E-state index >= 15 is 0 Å². The van der Waals surface area contributed by atoms with Crippen LogP contribution in [0.4, 0.5) is 11.4 Å². The Morgan fingerprint density at radius 1 is 0.920 bits per heavy atom. The summed E-state index contributed by atoms with van der Waals surface area (Å²) in [5.74, 6) is 0. The topological polar surface area (TPSA) is 49.1 Å². The molecule has 5 heteroatoms. The van der Waals surface area contributed by atoms with E-state index in [1.54, 1.807) is 0 Å². The number of nitrogens with zero attached hydrogens (tertiary/aromatic N) is 3. The molecule has 25 heavy (non-hydrogen) atoms. The lowest BCUT2D eigenvalue weighted by molar-refractivity contribution is 0.798. The number of para-hydroxylation sites is 1. The van der Waals surface area contributed by atoms with E-state index in [-0.39, 0.29) is 0 Å². The largest absolute Gasteiger partial charge is 0.366 e. The van der Waals surface area contributed by atoms with Gasteiger partial charge in [-0.15, -0.1) is 0 Å². The third-order valence-electron chi connectivity index (χ3n) is 3.99. The molecule has 0 spiro atoms. The third-order valence-corrected chi connectivity index (χ3v) is 4.47. The van der Waals surface area contributed by atoms with Crippen LogP contribution < -0.4 is 5.32 Å². The van der Waals surface area contributed by atoms with E-state index in [4.69, 9.17) is 11.6 Å². The molecular weight excluding hydrogens is 332 g/mol. The number of hydrogen-bond donors (Lipinski definition) is 1. The maximum atomic E-state index is 6.53. The molecule has 0 radical (unpaired) electrons. The number of benzene rings is 2. The minimum absolute atomic E-state index is 0.522. The lowest BCUT2D eigenvalue weighted by Gasteiger charge is -2.17. The molecule has 2 aromatic carbocycles. The van der Waals surface area contributed by atoms with E-state index in [0.29, 0.717) is 13.2 Å². The van der Waals surface area contributed by atoms with E-state index in [2.05, 4.69) is 20.5 Å². The van der Waals surface area contributed by atoms with Crippen LogP contribution in [0.2, 0.25) is 0 Å². The van der Waals surface area contributed by atoms with Crippen molar-refractivity contribution in [2.45, 2.75) is 19.3 Å². The summed E-state index contributed by atoms with van der Waals surface area (Å²) in [6, 6.07) is 19.8. The van der Waals surface area contributed by atoms with Crippen LogP contribution in [0.1, 0.15) is 19.3 Å². The SMILES string of the molecule is ClC1=C(CN=Nc2ccccc2)CCCC1=NCNc1ccccc1. The first kappa shape index (κ1) is 17.4. The van der Waals surface area contributed by atoms with E-state index in [1.165, 1.54) is 0 Å². The van der Waals surface area contributed by atoms with Gasteiger partial charge >= 0.3 is 0 Å². The van der Waals surface area contributed by atoms with Gasteiger partial charge in [0.05, 0.1) is 23.0 Å². The summed E-state index contributed by atoms with van der Waals surface area (Å²) >= 11 is 6.53. The second-order valence-electron chi connectivity index (χ2n) is 5.81. The Labute approximate surface area is 153 Å². The second-order valence-corrected chi connectivity index (χ2v) is 6.19. The molecule has 1 N–H and O–H groups in total. The average molecular weight is 353 g/mol. The van der Waals surface area contributed by atoms with Crippen molar-refractivity contribution < 1.29 is 0 Å². The zero-order chi connectivity index (χ0) is 17.3. The maximum Gasteiger partial charge on any atom is 0.108 e. The average Bonchev–Trinajstić information content (AvgIpc) is 2.66. The molecule has 0 amide bonds. The Bertz CT molecular complexity index is 767. The van der Waals surface area contributed by atoms with E-state index < -0.39 is 0 Å². The summed E-state index contributed by atoms with van der Waals surface area (Å²) < 4.78 is 0. The molecule has 0 saturated carbocycles. The summed E-state index contributed by atoms with van der Waals surface area (Å²) in [5, 5.41) is 12.6. The standard InChI is InChI=1S/C20H21ClN4/c21-20-16(14-24-25-18-11-5-2-6-12-18)8-7-13-19(20)23-15-22-17-9-3-1-4-10-17/h1-6,9-12,22H,7-8,13-15H2. The van der Waals surface area contributed by atoms with Crippen molar-refractivity contribution in [1.82, 2.24) is 0 Å². The van der Waals surface area contributed by atoms with E-state index in [1.807, 2.05) is 60.7 Å². The van der Waals surface area contributed by atoms with Crippen LogP contribution in [-0.2, 0) is 0 Å². The molecule has 128 valence electrons. The summed E-state index contributed by atoms with van der Waals surface area (Å²) in [5.41, 5.74) is 3.99. The van der Waals surface area contributed by atoms with Crippen molar-refractivity contribution in [2.24, 2.45) is 15.2 Å². The molecule has 0 aliphatic heterocycles. The second kappa shape index (κ2) is 9.14. The molecule has 1 aliphatic carbocycles. The Hall–Kier alpha value is -2.46. The molecular formula is C20H21ClN4. The highest BCUT2D eigenvalue weighted by Gasteiger charge is 2.16. The van der Waals surface area contributed by atoms with Gasteiger partial charge in [-0.1, -0.05) is 48.0 Å². The molecule has 0 saturated heterocycles. The van der Waals surface area contributed by atoms with Crippen LogP contribution in [0, 0.1) is 0 Å². The van der Waals surface area contributed by atoms with Crippen molar-refractivity contribution in [2.75, 3.05) is 18.5 Å². The first-order valence-electron chi connectivity index (χ1n) is 8.45. The molecule has 0 bridgehead atoms. The maximum absolute atomic E-state index is 6.53. The molecule has 1 aliphatic rings. The third kappa shape index (κ3) is 5.26. The van der Waals surface area contributed by atoms with Gasteiger partial charge in [-0.2, -0.15) is 10.2 Å². The lowest BCUT2D eigenvalue weighted by atomic mass is 9.98. The number of aliphatic imine (C=N–C) groups is 1. The summed E-state index contributed by atoms with van der Waals surface area (Å²) in [7, 11) is 0. The van der Waals surface area contributed by atoms with Gasteiger partial charge in [0.25, 0.3) is 0 Å².